The third kappa shape index (κ3) is 9.19. The number of likely N-dealkylation sites (tertiary alicyclic amines) is 1. The predicted octanol–water partition coefficient (Wildman–Crippen LogP) is -3.73. The summed E-state index contributed by atoms with van der Waals surface area (Å²) in [6.45, 7) is -0.264. The highest BCUT2D eigenvalue weighted by atomic mass is 16.4. The lowest BCUT2D eigenvalue weighted by Crippen LogP contribution is -2.57. The lowest BCUT2D eigenvalue weighted by molar-refractivity contribution is -0.145. The van der Waals surface area contributed by atoms with Crippen molar-refractivity contribution in [3.63, 3.8) is 0 Å². The lowest BCUT2D eigenvalue weighted by Gasteiger charge is -2.30. The van der Waals surface area contributed by atoms with Crippen LogP contribution in [-0.4, -0.2) is 99.7 Å². The Morgan fingerprint density at radius 1 is 1.06 bits per heavy atom. The minimum atomic E-state index is -1.43. The van der Waals surface area contributed by atoms with Crippen LogP contribution < -0.4 is 27.8 Å². The Morgan fingerprint density at radius 2 is 1.74 bits per heavy atom. The van der Waals surface area contributed by atoms with Crippen molar-refractivity contribution in [2.45, 2.75) is 62.7 Å². The third-order valence-corrected chi connectivity index (χ3v) is 5.19. The van der Waals surface area contributed by atoms with E-state index in [2.05, 4.69) is 15.6 Å². The maximum atomic E-state index is 13.2. The van der Waals surface area contributed by atoms with Gasteiger partial charge < -0.3 is 48.1 Å². The molecule has 0 bridgehead atoms. The fourth-order valence-electron chi connectivity index (χ4n) is 3.42. The fraction of sp³-hybridized carbons (Fsp3) is 0.684. The van der Waals surface area contributed by atoms with Crippen molar-refractivity contribution in [1.82, 2.24) is 15.5 Å². The standard InChI is InChI=1S/C19H33N7O8/c20-10(9-27)15(30)24-11(3-1-7-23-19(21)22)17(32)26-8-2-4-13(26)16(31)25-12(18(33)34)5-6-14(28)29/h10-13,27H,1-9,20H2,(H,24,30)(H,25,31)(H,28,29)(H,33,34)(H4,21,22,23). The lowest BCUT2D eigenvalue weighted by atomic mass is 10.1. The van der Waals surface area contributed by atoms with Gasteiger partial charge in [-0.2, -0.15) is 0 Å². The van der Waals surface area contributed by atoms with Crippen LogP contribution in [0.15, 0.2) is 4.99 Å². The summed E-state index contributed by atoms with van der Waals surface area (Å²) in [7, 11) is 0. The molecule has 4 atom stereocenters. The van der Waals surface area contributed by atoms with E-state index in [-0.39, 0.29) is 38.3 Å². The molecule has 1 heterocycles. The monoisotopic (exact) mass is 487 g/mol. The summed E-state index contributed by atoms with van der Waals surface area (Å²) in [5, 5.41) is 31.9. The van der Waals surface area contributed by atoms with E-state index >= 15 is 0 Å². The second kappa shape index (κ2) is 13.9. The summed E-state index contributed by atoms with van der Waals surface area (Å²) in [6.07, 6.45) is 0.360. The van der Waals surface area contributed by atoms with Gasteiger partial charge in [0.1, 0.15) is 24.2 Å². The normalized spacial score (nSPS) is 17.8. The number of carbonyl (C=O) groups excluding carboxylic acids is 3. The van der Waals surface area contributed by atoms with Crippen LogP contribution in [0.1, 0.15) is 38.5 Å². The number of carboxylic acids is 2. The van der Waals surface area contributed by atoms with E-state index in [4.69, 9.17) is 27.4 Å². The first-order valence-electron chi connectivity index (χ1n) is 10.8. The van der Waals surface area contributed by atoms with Gasteiger partial charge in [0.05, 0.1) is 6.61 Å². The van der Waals surface area contributed by atoms with Gasteiger partial charge in [-0.05, 0) is 32.1 Å². The maximum Gasteiger partial charge on any atom is 0.326 e. The Bertz CT molecular complexity index is 787. The van der Waals surface area contributed by atoms with Gasteiger partial charge in [0, 0.05) is 19.5 Å². The van der Waals surface area contributed by atoms with E-state index < -0.39 is 66.9 Å². The molecule has 0 aromatic rings. The van der Waals surface area contributed by atoms with Gasteiger partial charge in [-0.15, -0.1) is 0 Å². The Labute approximate surface area is 195 Å². The second-order valence-corrected chi connectivity index (χ2v) is 7.82. The number of carboxylic acid groups (broad SMARTS) is 2. The molecule has 11 N–H and O–H groups in total. The van der Waals surface area contributed by atoms with Crippen molar-refractivity contribution < 1.29 is 39.3 Å². The third-order valence-electron chi connectivity index (χ3n) is 5.19. The Hall–Kier alpha value is -3.46. The Morgan fingerprint density at radius 3 is 2.29 bits per heavy atom. The van der Waals surface area contributed by atoms with Gasteiger partial charge in [-0.25, -0.2) is 4.79 Å². The van der Waals surface area contributed by atoms with Crippen LogP contribution in [0.4, 0.5) is 0 Å². The minimum absolute atomic E-state index is 0.112. The van der Waals surface area contributed by atoms with E-state index in [1.807, 2.05) is 0 Å². The summed E-state index contributed by atoms with van der Waals surface area (Å²) in [5.74, 6) is -4.82. The van der Waals surface area contributed by atoms with Crippen molar-refractivity contribution in [1.29, 1.82) is 0 Å². The first-order chi connectivity index (χ1) is 16.0. The molecule has 1 rings (SSSR count). The van der Waals surface area contributed by atoms with E-state index in [0.717, 1.165) is 0 Å². The molecule has 15 heteroatoms. The van der Waals surface area contributed by atoms with Gasteiger partial charge in [0.25, 0.3) is 0 Å². The van der Waals surface area contributed by atoms with E-state index in [1.165, 1.54) is 4.90 Å². The number of aliphatic hydroxyl groups excluding tert-OH is 1. The van der Waals surface area contributed by atoms with Crippen molar-refractivity contribution in [3.8, 4) is 0 Å². The number of nitrogens with zero attached hydrogens (tertiary/aromatic N) is 2. The van der Waals surface area contributed by atoms with Crippen LogP contribution in [-0.2, 0) is 24.0 Å². The molecule has 1 aliphatic rings. The average Bonchev–Trinajstić information content (AvgIpc) is 3.26. The summed E-state index contributed by atoms with van der Waals surface area (Å²) in [5.41, 5.74) is 16.1. The van der Waals surface area contributed by atoms with Crippen LogP contribution in [0.5, 0.6) is 0 Å². The molecule has 0 radical (unpaired) electrons. The largest absolute Gasteiger partial charge is 0.481 e. The number of carbonyl (C=O) groups is 5. The topological polar surface area (TPSA) is 264 Å². The number of amides is 3. The van der Waals surface area contributed by atoms with Gasteiger partial charge in [-0.1, -0.05) is 0 Å². The van der Waals surface area contributed by atoms with Crippen LogP contribution >= 0.6 is 0 Å². The Kier molecular flexibility index (Phi) is 11.7. The number of nitrogens with two attached hydrogens (primary N) is 3. The molecule has 0 aromatic heterocycles. The van der Waals surface area contributed by atoms with Crippen molar-refractivity contribution in [3.05, 3.63) is 0 Å². The number of hydrogen-bond acceptors (Lipinski definition) is 8. The van der Waals surface area contributed by atoms with Gasteiger partial charge in [0.15, 0.2) is 5.96 Å². The number of guanidine groups is 1. The zero-order valence-corrected chi connectivity index (χ0v) is 18.7. The van der Waals surface area contributed by atoms with Crippen LogP contribution in [0.2, 0.25) is 0 Å². The quantitative estimate of drug-likeness (QED) is 0.0670. The van der Waals surface area contributed by atoms with Crippen molar-refractivity contribution >= 4 is 35.6 Å². The highest BCUT2D eigenvalue weighted by molar-refractivity contribution is 5.94. The van der Waals surface area contributed by atoms with E-state index in [1.54, 1.807) is 0 Å². The molecule has 192 valence electrons. The molecule has 0 aromatic carbocycles. The van der Waals surface area contributed by atoms with Crippen LogP contribution in [0.3, 0.4) is 0 Å². The highest BCUT2D eigenvalue weighted by Gasteiger charge is 2.39. The maximum absolute atomic E-state index is 13.2. The molecule has 15 nitrogen and oxygen atoms in total. The highest BCUT2D eigenvalue weighted by Crippen LogP contribution is 2.20. The molecule has 0 spiro atoms. The predicted molar refractivity (Wildman–Crippen MR) is 118 cm³/mol. The van der Waals surface area contributed by atoms with Crippen molar-refractivity contribution in [2.75, 3.05) is 19.7 Å². The summed E-state index contributed by atoms with van der Waals surface area (Å²) >= 11 is 0. The number of hydrogen-bond donors (Lipinski definition) is 8. The molecule has 34 heavy (non-hydrogen) atoms. The first-order valence-corrected chi connectivity index (χ1v) is 10.8. The van der Waals surface area contributed by atoms with Gasteiger partial charge >= 0.3 is 11.9 Å². The molecule has 4 unspecified atom stereocenters. The van der Waals surface area contributed by atoms with Crippen LogP contribution in [0, 0.1) is 0 Å². The van der Waals surface area contributed by atoms with E-state index in [0.29, 0.717) is 12.8 Å². The summed E-state index contributed by atoms with van der Waals surface area (Å²) < 4.78 is 0. The summed E-state index contributed by atoms with van der Waals surface area (Å²) in [6, 6.07) is -4.77. The molecular formula is C19H33N7O8. The molecule has 1 saturated heterocycles. The zero-order chi connectivity index (χ0) is 25.8. The molecule has 0 saturated carbocycles. The second-order valence-electron chi connectivity index (χ2n) is 7.82. The SMILES string of the molecule is NC(N)=NCCCC(NC(=O)C(N)CO)C(=O)N1CCCC1C(=O)NC(CCC(=O)O)C(=O)O. The number of aliphatic imine (C=N–C) groups is 1. The van der Waals surface area contributed by atoms with Gasteiger partial charge in [-0.3, -0.25) is 24.2 Å². The minimum Gasteiger partial charge on any atom is -0.481 e. The summed E-state index contributed by atoms with van der Waals surface area (Å²) in [4.78, 5) is 65.3. The molecule has 3 amide bonds. The van der Waals surface area contributed by atoms with E-state index in [9.17, 15) is 29.1 Å². The molecule has 0 aliphatic carbocycles. The van der Waals surface area contributed by atoms with Crippen LogP contribution in [0.25, 0.3) is 0 Å². The number of rotatable bonds is 14. The van der Waals surface area contributed by atoms with Gasteiger partial charge in [0.2, 0.25) is 17.7 Å². The fourth-order valence-corrected chi connectivity index (χ4v) is 3.42. The molecule has 1 fully saturated rings. The number of nitrogens with one attached hydrogen (secondary N) is 2. The molecular weight excluding hydrogens is 454 g/mol. The average molecular weight is 488 g/mol. The number of aliphatic hydroxyl groups is 1. The van der Waals surface area contributed by atoms with Crippen molar-refractivity contribution in [2.24, 2.45) is 22.2 Å². The smallest absolute Gasteiger partial charge is 0.326 e. The molecule has 1 aliphatic heterocycles. The first kappa shape index (κ1) is 28.6. The Balaban J connectivity index is 2.95. The number of aliphatic carboxylic acids is 2. The zero-order valence-electron chi connectivity index (χ0n) is 18.7.